The van der Waals surface area contributed by atoms with Crippen molar-refractivity contribution in [2.24, 2.45) is 4.99 Å². The van der Waals surface area contributed by atoms with E-state index in [0.717, 1.165) is 62.2 Å². The van der Waals surface area contributed by atoms with Gasteiger partial charge >= 0.3 is 0 Å². The molecule has 1 aliphatic rings. The minimum Gasteiger partial charge on any atom is -0.497 e. The van der Waals surface area contributed by atoms with E-state index in [2.05, 4.69) is 31.6 Å². The quantitative estimate of drug-likeness (QED) is 0.239. The van der Waals surface area contributed by atoms with Gasteiger partial charge in [-0.15, -0.1) is 24.0 Å². The predicted octanol–water partition coefficient (Wildman–Crippen LogP) is 3.31. The summed E-state index contributed by atoms with van der Waals surface area (Å²) in [7, 11) is 3.47. The molecule has 1 aromatic carbocycles. The number of benzene rings is 1. The highest BCUT2D eigenvalue weighted by molar-refractivity contribution is 14.0. The van der Waals surface area contributed by atoms with Crippen LogP contribution in [0.25, 0.3) is 0 Å². The van der Waals surface area contributed by atoms with Crippen molar-refractivity contribution in [3.8, 4) is 11.5 Å². The zero-order chi connectivity index (χ0) is 20.3. The molecule has 8 heteroatoms. The van der Waals surface area contributed by atoms with Crippen LogP contribution in [0, 0.1) is 0 Å². The van der Waals surface area contributed by atoms with Crippen molar-refractivity contribution in [3.63, 3.8) is 0 Å². The second kappa shape index (κ2) is 13.1. The van der Waals surface area contributed by atoms with Crippen LogP contribution in [-0.4, -0.2) is 57.4 Å². The van der Waals surface area contributed by atoms with Crippen molar-refractivity contribution >= 4 is 35.8 Å². The highest BCUT2D eigenvalue weighted by Gasteiger charge is 2.20. The Balaban J connectivity index is 0.00000320. The van der Waals surface area contributed by atoms with Crippen LogP contribution in [0.15, 0.2) is 53.7 Å². The molecule has 7 nitrogen and oxygen atoms in total. The molecule has 1 aliphatic heterocycles. The molecule has 0 atom stereocenters. The number of anilines is 1. The third-order valence-corrected chi connectivity index (χ3v) is 4.96. The summed E-state index contributed by atoms with van der Waals surface area (Å²) in [5.41, 5.74) is 0. The number of rotatable bonds is 8. The summed E-state index contributed by atoms with van der Waals surface area (Å²) >= 11 is 0. The monoisotopic (exact) mass is 525 g/mol. The number of hydrogen-bond acceptors (Lipinski definition) is 5. The first-order valence-electron chi connectivity index (χ1n) is 10.2. The van der Waals surface area contributed by atoms with Crippen molar-refractivity contribution < 1.29 is 9.47 Å². The lowest BCUT2D eigenvalue weighted by molar-refractivity contribution is 0.308. The largest absolute Gasteiger partial charge is 0.497 e. The molecule has 1 aromatic heterocycles. The molecule has 2 N–H and O–H groups in total. The average molecular weight is 525 g/mol. The second-order valence-electron chi connectivity index (χ2n) is 6.97. The van der Waals surface area contributed by atoms with E-state index in [1.165, 1.54) is 0 Å². The number of methoxy groups -OCH3 is 1. The van der Waals surface area contributed by atoms with E-state index in [0.29, 0.717) is 12.6 Å². The van der Waals surface area contributed by atoms with Crippen molar-refractivity contribution in [1.29, 1.82) is 0 Å². The topological polar surface area (TPSA) is 71.0 Å². The van der Waals surface area contributed by atoms with Gasteiger partial charge in [0, 0.05) is 45.0 Å². The van der Waals surface area contributed by atoms with E-state index < -0.39 is 0 Å². The SMILES string of the molecule is CN=C(NCCCOc1cccc(OC)c1)NC1CCN(c2ccccn2)CC1.I. The molecular formula is C22H32IN5O2. The summed E-state index contributed by atoms with van der Waals surface area (Å²) in [5.74, 6) is 3.54. The third-order valence-electron chi connectivity index (χ3n) is 4.96. The fourth-order valence-corrected chi connectivity index (χ4v) is 3.34. The van der Waals surface area contributed by atoms with E-state index >= 15 is 0 Å². The molecule has 1 saturated heterocycles. The summed E-state index contributed by atoms with van der Waals surface area (Å²) in [4.78, 5) is 11.1. The average Bonchev–Trinajstić information content (AvgIpc) is 2.79. The molecular weight excluding hydrogens is 493 g/mol. The Hall–Kier alpha value is -2.23. The predicted molar refractivity (Wildman–Crippen MR) is 132 cm³/mol. The van der Waals surface area contributed by atoms with Crippen molar-refractivity contribution in [1.82, 2.24) is 15.6 Å². The normalized spacial score (nSPS) is 14.6. The van der Waals surface area contributed by atoms with Gasteiger partial charge in [-0.05, 0) is 43.5 Å². The van der Waals surface area contributed by atoms with Gasteiger partial charge in [-0.3, -0.25) is 4.99 Å². The minimum absolute atomic E-state index is 0. The lowest BCUT2D eigenvalue weighted by Gasteiger charge is -2.33. The highest BCUT2D eigenvalue weighted by atomic mass is 127. The summed E-state index contributed by atoms with van der Waals surface area (Å²) in [6.07, 6.45) is 4.87. The van der Waals surface area contributed by atoms with Gasteiger partial charge in [0.1, 0.15) is 17.3 Å². The van der Waals surface area contributed by atoms with Crippen LogP contribution in [0.5, 0.6) is 11.5 Å². The molecule has 1 fully saturated rings. The van der Waals surface area contributed by atoms with Crippen LogP contribution >= 0.6 is 24.0 Å². The van der Waals surface area contributed by atoms with Crippen LogP contribution in [0.3, 0.4) is 0 Å². The minimum atomic E-state index is 0. The molecule has 164 valence electrons. The molecule has 30 heavy (non-hydrogen) atoms. The fourth-order valence-electron chi connectivity index (χ4n) is 3.34. The summed E-state index contributed by atoms with van der Waals surface area (Å²) in [6, 6.07) is 14.2. The van der Waals surface area contributed by atoms with Crippen molar-refractivity contribution in [3.05, 3.63) is 48.7 Å². The number of aromatic nitrogens is 1. The number of pyridine rings is 1. The molecule has 0 amide bonds. The van der Waals surface area contributed by atoms with Crippen LogP contribution < -0.4 is 25.0 Å². The third kappa shape index (κ3) is 7.55. The Bertz CT molecular complexity index is 767. The number of nitrogens with one attached hydrogen (secondary N) is 2. The van der Waals surface area contributed by atoms with E-state index in [1.807, 2.05) is 49.6 Å². The first-order chi connectivity index (χ1) is 14.3. The van der Waals surface area contributed by atoms with Gasteiger partial charge in [0.25, 0.3) is 0 Å². The Morgan fingerprint density at radius 3 is 2.67 bits per heavy atom. The Morgan fingerprint density at radius 2 is 1.97 bits per heavy atom. The van der Waals surface area contributed by atoms with Crippen LogP contribution in [0.1, 0.15) is 19.3 Å². The van der Waals surface area contributed by atoms with Crippen LogP contribution in [-0.2, 0) is 0 Å². The summed E-state index contributed by atoms with van der Waals surface area (Å²) in [6.45, 7) is 3.44. The molecule has 0 spiro atoms. The van der Waals surface area contributed by atoms with Crippen LogP contribution in [0.2, 0.25) is 0 Å². The van der Waals surface area contributed by atoms with E-state index in [-0.39, 0.29) is 24.0 Å². The van der Waals surface area contributed by atoms with E-state index in [4.69, 9.17) is 9.47 Å². The molecule has 2 aromatic rings. The smallest absolute Gasteiger partial charge is 0.191 e. The number of hydrogen-bond donors (Lipinski definition) is 2. The van der Waals surface area contributed by atoms with Gasteiger partial charge < -0.3 is 25.0 Å². The Labute approximate surface area is 196 Å². The number of halogens is 1. The molecule has 0 unspecified atom stereocenters. The molecule has 2 heterocycles. The van der Waals surface area contributed by atoms with E-state index in [1.54, 1.807) is 7.11 Å². The maximum absolute atomic E-state index is 5.78. The lowest BCUT2D eigenvalue weighted by atomic mass is 10.1. The van der Waals surface area contributed by atoms with Gasteiger partial charge in [-0.1, -0.05) is 12.1 Å². The van der Waals surface area contributed by atoms with Gasteiger partial charge in [-0.2, -0.15) is 0 Å². The highest BCUT2D eigenvalue weighted by Crippen LogP contribution is 2.19. The summed E-state index contributed by atoms with van der Waals surface area (Å²) < 4.78 is 11.0. The first kappa shape index (κ1) is 24.0. The summed E-state index contributed by atoms with van der Waals surface area (Å²) in [5, 5.41) is 6.91. The Kier molecular flexibility index (Phi) is 10.5. The fraction of sp³-hybridized carbons (Fsp3) is 0.455. The number of aliphatic imine (C=N–C) groups is 1. The zero-order valence-electron chi connectivity index (χ0n) is 17.7. The second-order valence-corrected chi connectivity index (χ2v) is 6.97. The Morgan fingerprint density at radius 1 is 1.17 bits per heavy atom. The van der Waals surface area contributed by atoms with Gasteiger partial charge in [0.2, 0.25) is 0 Å². The molecule has 0 radical (unpaired) electrons. The molecule has 3 rings (SSSR count). The van der Waals surface area contributed by atoms with Crippen molar-refractivity contribution in [2.75, 3.05) is 45.3 Å². The number of piperidine rings is 1. The van der Waals surface area contributed by atoms with Crippen molar-refractivity contribution in [2.45, 2.75) is 25.3 Å². The van der Waals surface area contributed by atoms with Crippen LogP contribution in [0.4, 0.5) is 5.82 Å². The van der Waals surface area contributed by atoms with Gasteiger partial charge in [-0.25, -0.2) is 4.98 Å². The number of nitrogens with zero attached hydrogens (tertiary/aromatic N) is 3. The molecule has 0 aliphatic carbocycles. The molecule has 0 bridgehead atoms. The number of ether oxygens (including phenoxy) is 2. The van der Waals surface area contributed by atoms with Gasteiger partial charge in [0.15, 0.2) is 5.96 Å². The maximum Gasteiger partial charge on any atom is 0.191 e. The number of guanidine groups is 1. The standard InChI is InChI=1S/C22H31N5O2.HI/c1-23-22(25-13-6-16-29-20-8-5-7-19(17-20)28-2)26-18-10-14-27(15-11-18)21-9-3-4-12-24-21;/h3-5,7-9,12,17-18H,6,10-11,13-16H2,1-2H3,(H2,23,25,26);1H. The van der Waals surface area contributed by atoms with Gasteiger partial charge in [0.05, 0.1) is 13.7 Å². The lowest BCUT2D eigenvalue weighted by Crippen LogP contribution is -2.49. The zero-order valence-corrected chi connectivity index (χ0v) is 20.0. The molecule has 0 saturated carbocycles. The van der Waals surface area contributed by atoms with E-state index in [9.17, 15) is 0 Å². The maximum atomic E-state index is 5.78. The first-order valence-corrected chi connectivity index (χ1v) is 10.2.